The van der Waals surface area contributed by atoms with Gasteiger partial charge in [0.05, 0.1) is 5.56 Å². The predicted molar refractivity (Wildman–Crippen MR) is 70.1 cm³/mol. The third kappa shape index (κ3) is 3.62. The molecule has 1 aliphatic heterocycles. The van der Waals surface area contributed by atoms with Gasteiger partial charge in [-0.1, -0.05) is 19.1 Å². The summed E-state index contributed by atoms with van der Waals surface area (Å²) in [4.78, 5) is 0. The Hall–Kier alpha value is -1.23. The Morgan fingerprint density at radius 1 is 1.32 bits per heavy atom. The molecule has 1 atom stereocenters. The van der Waals surface area contributed by atoms with Crippen molar-refractivity contribution < 1.29 is 13.2 Å². The van der Waals surface area contributed by atoms with Crippen molar-refractivity contribution in [1.29, 1.82) is 0 Å². The molecule has 0 bridgehead atoms. The Kier molecular flexibility index (Phi) is 4.04. The fourth-order valence-electron chi connectivity index (χ4n) is 2.46. The molecule has 5 heteroatoms. The van der Waals surface area contributed by atoms with E-state index in [-0.39, 0.29) is 11.1 Å². The number of nitrogens with one attached hydrogen (secondary N) is 2. The number of rotatable bonds is 3. The van der Waals surface area contributed by atoms with Crippen molar-refractivity contribution in [2.45, 2.75) is 25.9 Å². The largest absolute Gasteiger partial charge is 0.418 e. The van der Waals surface area contributed by atoms with E-state index in [1.165, 1.54) is 12.1 Å². The molecule has 1 heterocycles. The van der Waals surface area contributed by atoms with Crippen LogP contribution in [0.25, 0.3) is 0 Å². The summed E-state index contributed by atoms with van der Waals surface area (Å²) in [6.45, 7) is 4.48. The number of anilines is 1. The Bertz CT molecular complexity index is 423. The van der Waals surface area contributed by atoms with Crippen molar-refractivity contribution in [3.05, 3.63) is 29.8 Å². The van der Waals surface area contributed by atoms with Crippen LogP contribution in [-0.2, 0) is 6.18 Å². The Morgan fingerprint density at radius 2 is 2.05 bits per heavy atom. The van der Waals surface area contributed by atoms with Gasteiger partial charge >= 0.3 is 6.18 Å². The van der Waals surface area contributed by atoms with E-state index in [4.69, 9.17) is 0 Å². The first kappa shape index (κ1) is 14.2. The fourth-order valence-corrected chi connectivity index (χ4v) is 2.46. The lowest BCUT2D eigenvalue weighted by Gasteiger charge is -2.34. The van der Waals surface area contributed by atoms with E-state index in [1.54, 1.807) is 6.07 Å². The first-order valence-electron chi connectivity index (χ1n) is 6.52. The molecule has 106 valence electrons. The summed E-state index contributed by atoms with van der Waals surface area (Å²) in [7, 11) is 0. The van der Waals surface area contributed by atoms with Crippen LogP contribution in [0.5, 0.6) is 0 Å². The first-order chi connectivity index (χ1) is 8.91. The first-order valence-corrected chi connectivity index (χ1v) is 6.52. The third-order valence-electron chi connectivity index (χ3n) is 3.62. The highest BCUT2D eigenvalue weighted by atomic mass is 19.4. The second-order valence-corrected chi connectivity index (χ2v) is 5.49. The quantitative estimate of drug-likeness (QED) is 0.880. The van der Waals surface area contributed by atoms with Crippen molar-refractivity contribution >= 4 is 5.69 Å². The van der Waals surface area contributed by atoms with E-state index in [0.717, 1.165) is 32.0 Å². The maximum absolute atomic E-state index is 12.9. The second kappa shape index (κ2) is 5.41. The molecule has 1 saturated heterocycles. The minimum atomic E-state index is -4.31. The molecule has 1 aromatic rings. The van der Waals surface area contributed by atoms with Crippen LogP contribution >= 0.6 is 0 Å². The molecule has 0 radical (unpaired) electrons. The van der Waals surface area contributed by atoms with Crippen LogP contribution in [0.1, 0.15) is 25.3 Å². The lowest BCUT2D eigenvalue weighted by molar-refractivity contribution is -0.137. The molecule has 1 fully saturated rings. The van der Waals surface area contributed by atoms with Crippen molar-refractivity contribution in [3.63, 3.8) is 0 Å². The summed E-state index contributed by atoms with van der Waals surface area (Å²) < 4.78 is 38.6. The van der Waals surface area contributed by atoms with Crippen LogP contribution in [0, 0.1) is 5.41 Å². The number of hydrogen-bond donors (Lipinski definition) is 2. The molecule has 0 aromatic heterocycles. The van der Waals surface area contributed by atoms with Crippen LogP contribution in [0.2, 0.25) is 0 Å². The van der Waals surface area contributed by atoms with E-state index in [0.29, 0.717) is 6.54 Å². The summed E-state index contributed by atoms with van der Waals surface area (Å²) in [5.41, 5.74) is -0.416. The normalized spacial score (nSPS) is 24.2. The number of para-hydroxylation sites is 1. The number of hydrogen-bond acceptors (Lipinski definition) is 2. The predicted octanol–water partition coefficient (Wildman–Crippen LogP) is 3.51. The molecule has 0 aliphatic carbocycles. The molecule has 1 unspecified atom stereocenters. The van der Waals surface area contributed by atoms with Gasteiger partial charge < -0.3 is 10.6 Å². The Balaban J connectivity index is 2.07. The van der Waals surface area contributed by atoms with E-state index in [9.17, 15) is 13.2 Å². The summed E-state index contributed by atoms with van der Waals surface area (Å²) in [6.07, 6.45) is -2.21. The average Bonchev–Trinajstić information content (AvgIpc) is 2.37. The monoisotopic (exact) mass is 272 g/mol. The molecule has 2 rings (SSSR count). The number of halogens is 3. The lowest BCUT2D eigenvalue weighted by Crippen LogP contribution is -2.42. The van der Waals surface area contributed by atoms with Crippen molar-refractivity contribution in [2.75, 3.05) is 25.0 Å². The van der Waals surface area contributed by atoms with Crippen molar-refractivity contribution in [2.24, 2.45) is 5.41 Å². The van der Waals surface area contributed by atoms with Crippen LogP contribution in [0.15, 0.2) is 24.3 Å². The number of piperidine rings is 1. The zero-order chi connectivity index (χ0) is 13.9. The van der Waals surface area contributed by atoms with E-state index >= 15 is 0 Å². The zero-order valence-electron chi connectivity index (χ0n) is 11.0. The van der Waals surface area contributed by atoms with Gasteiger partial charge in [0.2, 0.25) is 0 Å². The third-order valence-corrected chi connectivity index (χ3v) is 3.62. The molecular formula is C14H19F3N2. The number of alkyl halides is 3. The fraction of sp³-hybridized carbons (Fsp3) is 0.571. The van der Waals surface area contributed by atoms with Gasteiger partial charge in [0.1, 0.15) is 0 Å². The van der Waals surface area contributed by atoms with E-state index < -0.39 is 11.7 Å². The van der Waals surface area contributed by atoms with E-state index in [1.807, 2.05) is 0 Å². The highest BCUT2D eigenvalue weighted by Gasteiger charge is 2.34. The van der Waals surface area contributed by atoms with Crippen LogP contribution < -0.4 is 10.6 Å². The second-order valence-electron chi connectivity index (χ2n) is 5.49. The Labute approximate surface area is 111 Å². The maximum Gasteiger partial charge on any atom is 0.418 e. The molecule has 0 saturated carbocycles. The molecular weight excluding hydrogens is 253 g/mol. The van der Waals surface area contributed by atoms with Crippen molar-refractivity contribution in [1.82, 2.24) is 5.32 Å². The minimum Gasteiger partial charge on any atom is -0.384 e. The van der Waals surface area contributed by atoms with Gasteiger partial charge in [-0.3, -0.25) is 0 Å². The van der Waals surface area contributed by atoms with Crippen LogP contribution in [0.4, 0.5) is 18.9 Å². The molecule has 2 N–H and O–H groups in total. The van der Waals surface area contributed by atoms with Gasteiger partial charge in [-0.15, -0.1) is 0 Å². The van der Waals surface area contributed by atoms with E-state index in [2.05, 4.69) is 17.6 Å². The SMILES string of the molecule is CC1(CNc2ccccc2C(F)(F)F)CCCNC1. The van der Waals surface area contributed by atoms with Crippen molar-refractivity contribution in [3.8, 4) is 0 Å². The Morgan fingerprint density at radius 3 is 2.68 bits per heavy atom. The van der Waals surface area contributed by atoms with Crippen LogP contribution in [-0.4, -0.2) is 19.6 Å². The molecule has 0 amide bonds. The maximum atomic E-state index is 12.9. The molecule has 1 aromatic carbocycles. The smallest absolute Gasteiger partial charge is 0.384 e. The summed E-state index contributed by atoms with van der Waals surface area (Å²) in [6, 6.07) is 5.64. The number of benzene rings is 1. The standard InChI is InChI=1S/C14H19F3N2/c1-13(7-4-8-18-9-13)10-19-12-6-3-2-5-11(12)14(15,16)17/h2-3,5-6,18-19H,4,7-10H2,1H3. The summed E-state index contributed by atoms with van der Waals surface area (Å²) in [5.74, 6) is 0. The lowest BCUT2D eigenvalue weighted by atomic mass is 9.82. The van der Waals surface area contributed by atoms with Gasteiger partial charge in [0.15, 0.2) is 0 Å². The molecule has 19 heavy (non-hydrogen) atoms. The molecule has 0 spiro atoms. The summed E-state index contributed by atoms with van der Waals surface area (Å²) >= 11 is 0. The highest BCUT2D eigenvalue weighted by Crippen LogP contribution is 2.35. The van der Waals surface area contributed by atoms with Gasteiger partial charge in [0, 0.05) is 18.8 Å². The highest BCUT2D eigenvalue weighted by molar-refractivity contribution is 5.52. The average molecular weight is 272 g/mol. The molecule has 1 aliphatic rings. The summed E-state index contributed by atoms with van der Waals surface area (Å²) in [5, 5.41) is 6.26. The van der Waals surface area contributed by atoms with Gasteiger partial charge in [-0.05, 0) is 36.9 Å². The zero-order valence-corrected chi connectivity index (χ0v) is 11.0. The van der Waals surface area contributed by atoms with Gasteiger partial charge in [-0.25, -0.2) is 0 Å². The minimum absolute atomic E-state index is 0.0109. The van der Waals surface area contributed by atoms with Gasteiger partial charge in [0.25, 0.3) is 0 Å². The topological polar surface area (TPSA) is 24.1 Å². The van der Waals surface area contributed by atoms with Crippen LogP contribution in [0.3, 0.4) is 0 Å². The van der Waals surface area contributed by atoms with Gasteiger partial charge in [-0.2, -0.15) is 13.2 Å². The molecule has 2 nitrogen and oxygen atoms in total.